The third-order valence-corrected chi connectivity index (χ3v) is 2.48. The Bertz CT molecular complexity index is 645. The summed E-state index contributed by atoms with van der Waals surface area (Å²) in [5.74, 6) is 2.71. The Morgan fingerprint density at radius 1 is 1.37 bits per heavy atom. The molecular weight excluding hydrogens is 240 g/mol. The van der Waals surface area contributed by atoms with E-state index in [1.54, 1.807) is 18.3 Å². The van der Waals surface area contributed by atoms with Crippen molar-refractivity contribution in [2.45, 2.75) is 0 Å². The molecule has 0 atom stereocenters. The van der Waals surface area contributed by atoms with Gasteiger partial charge in [0, 0.05) is 17.4 Å². The second-order valence-corrected chi connectivity index (χ2v) is 3.77. The smallest absolute Gasteiger partial charge is 0.338 e. The number of ether oxygens (including phenoxy) is 1. The van der Waals surface area contributed by atoms with Gasteiger partial charge < -0.3 is 10.1 Å². The minimum Gasteiger partial charge on any atom is -0.465 e. The van der Waals surface area contributed by atoms with Crippen molar-refractivity contribution in [3.63, 3.8) is 0 Å². The SMILES string of the molecule is C#Cc1cccc(Nc2cc(C(=O)OC)ccn2)c1. The quantitative estimate of drug-likeness (QED) is 0.674. The van der Waals surface area contributed by atoms with E-state index >= 15 is 0 Å². The highest BCUT2D eigenvalue weighted by atomic mass is 16.5. The largest absolute Gasteiger partial charge is 0.465 e. The standard InChI is InChI=1S/C15H12N2O2/c1-3-11-5-4-6-13(9-11)17-14-10-12(7-8-16-14)15(18)19-2/h1,4-10H,2H3,(H,16,17). The van der Waals surface area contributed by atoms with Gasteiger partial charge in [-0.2, -0.15) is 0 Å². The van der Waals surface area contributed by atoms with Crippen LogP contribution < -0.4 is 5.32 Å². The van der Waals surface area contributed by atoms with Crippen molar-refractivity contribution in [3.8, 4) is 12.3 Å². The molecule has 0 aliphatic heterocycles. The van der Waals surface area contributed by atoms with Crippen LogP contribution in [0, 0.1) is 12.3 Å². The van der Waals surface area contributed by atoms with E-state index in [0.717, 1.165) is 11.3 Å². The van der Waals surface area contributed by atoms with E-state index < -0.39 is 5.97 Å². The molecule has 94 valence electrons. The van der Waals surface area contributed by atoms with E-state index in [0.29, 0.717) is 11.4 Å². The maximum absolute atomic E-state index is 11.4. The van der Waals surface area contributed by atoms with Gasteiger partial charge in [0.15, 0.2) is 0 Å². The summed E-state index contributed by atoms with van der Waals surface area (Å²) in [5, 5.41) is 3.08. The number of hydrogen-bond donors (Lipinski definition) is 1. The highest BCUT2D eigenvalue weighted by Gasteiger charge is 2.06. The fourth-order valence-electron chi connectivity index (χ4n) is 1.58. The third kappa shape index (κ3) is 3.11. The Labute approximate surface area is 111 Å². The number of benzene rings is 1. The van der Waals surface area contributed by atoms with Gasteiger partial charge in [0.2, 0.25) is 0 Å². The number of carbonyl (C=O) groups excluding carboxylic acids is 1. The lowest BCUT2D eigenvalue weighted by Gasteiger charge is -2.07. The molecule has 0 amide bonds. The molecule has 0 aliphatic rings. The van der Waals surface area contributed by atoms with Gasteiger partial charge in [0.25, 0.3) is 0 Å². The van der Waals surface area contributed by atoms with Crippen molar-refractivity contribution in [1.82, 2.24) is 4.98 Å². The molecule has 0 bridgehead atoms. The molecule has 0 spiro atoms. The van der Waals surface area contributed by atoms with Crippen molar-refractivity contribution in [2.24, 2.45) is 0 Å². The molecule has 0 aliphatic carbocycles. The van der Waals surface area contributed by atoms with Gasteiger partial charge in [-0.1, -0.05) is 12.0 Å². The molecule has 1 aromatic heterocycles. The van der Waals surface area contributed by atoms with Gasteiger partial charge >= 0.3 is 5.97 Å². The first-order valence-electron chi connectivity index (χ1n) is 5.61. The molecule has 4 heteroatoms. The summed E-state index contributed by atoms with van der Waals surface area (Å²) in [6.45, 7) is 0. The summed E-state index contributed by atoms with van der Waals surface area (Å²) in [5.41, 5.74) is 2.02. The number of anilines is 2. The van der Waals surface area contributed by atoms with Crippen molar-refractivity contribution in [3.05, 3.63) is 53.7 Å². The molecule has 19 heavy (non-hydrogen) atoms. The molecule has 0 radical (unpaired) electrons. The summed E-state index contributed by atoms with van der Waals surface area (Å²) >= 11 is 0. The molecule has 0 saturated carbocycles. The normalized spacial score (nSPS) is 9.47. The highest BCUT2D eigenvalue weighted by molar-refractivity contribution is 5.90. The van der Waals surface area contributed by atoms with Gasteiger partial charge in [0.05, 0.1) is 12.7 Å². The van der Waals surface area contributed by atoms with E-state index in [-0.39, 0.29) is 0 Å². The Morgan fingerprint density at radius 3 is 2.95 bits per heavy atom. The average Bonchev–Trinajstić information content (AvgIpc) is 2.47. The fraction of sp³-hybridized carbons (Fsp3) is 0.0667. The summed E-state index contributed by atoms with van der Waals surface area (Å²) < 4.78 is 4.66. The number of terminal acetylenes is 1. The minimum absolute atomic E-state index is 0.400. The second-order valence-electron chi connectivity index (χ2n) is 3.77. The van der Waals surface area contributed by atoms with Crippen LogP contribution in [0.5, 0.6) is 0 Å². The molecule has 0 fully saturated rings. The zero-order valence-electron chi connectivity index (χ0n) is 10.4. The van der Waals surface area contributed by atoms with Crippen molar-refractivity contribution in [2.75, 3.05) is 12.4 Å². The number of hydrogen-bond acceptors (Lipinski definition) is 4. The average molecular weight is 252 g/mol. The molecule has 2 aromatic rings. The molecular formula is C15H12N2O2. The second kappa shape index (κ2) is 5.69. The Kier molecular flexibility index (Phi) is 3.79. The van der Waals surface area contributed by atoms with Crippen LogP contribution >= 0.6 is 0 Å². The molecule has 1 N–H and O–H groups in total. The van der Waals surface area contributed by atoms with Crippen LogP contribution in [0.3, 0.4) is 0 Å². The number of aromatic nitrogens is 1. The van der Waals surface area contributed by atoms with Crippen molar-refractivity contribution >= 4 is 17.5 Å². The van der Waals surface area contributed by atoms with E-state index in [2.05, 4.69) is 21.0 Å². The lowest BCUT2D eigenvalue weighted by Crippen LogP contribution is -2.03. The monoisotopic (exact) mass is 252 g/mol. The number of carbonyl (C=O) groups is 1. The molecule has 0 unspecified atom stereocenters. The Balaban J connectivity index is 2.23. The maximum atomic E-state index is 11.4. The number of methoxy groups -OCH3 is 1. The van der Waals surface area contributed by atoms with Gasteiger partial charge in [-0.3, -0.25) is 0 Å². The molecule has 2 rings (SSSR count). The van der Waals surface area contributed by atoms with Crippen LogP contribution in [0.15, 0.2) is 42.6 Å². The Morgan fingerprint density at radius 2 is 2.21 bits per heavy atom. The number of esters is 1. The van der Waals surface area contributed by atoms with Gasteiger partial charge in [0.1, 0.15) is 5.82 Å². The Hall–Kier alpha value is -2.80. The first kappa shape index (κ1) is 12.7. The fourth-order valence-corrected chi connectivity index (χ4v) is 1.58. The highest BCUT2D eigenvalue weighted by Crippen LogP contribution is 2.16. The molecule has 1 heterocycles. The minimum atomic E-state index is -0.400. The lowest BCUT2D eigenvalue weighted by molar-refractivity contribution is 0.0600. The number of nitrogens with zero attached hydrogens (tertiary/aromatic N) is 1. The first-order chi connectivity index (χ1) is 9.22. The predicted octanol–water partition coefficient (Wildman–Crippen LogP) is 2.59. The van der Waals surface area contributed by atoms with Gasteiger partial charge in [-0.05, 0) is 30.3 Å². The van der Waals surface area contributed by atoms with Crippen LogP contribution in [-0.2, 0) is 4.74 Å². The van der Waals surface area contributed by atoms with Crippen molar-refractivity contribution < 1.29 is 9.53 Å². The van der Waals surface area contributed by atoms with Crippen molar-refractivity contribution in [1.29, 1.82) is 0 Å². The van der Waals surface area contributed by atoms with E-state index in [1.165, 1.54) is 7.11 Å². The van der Waals surface area contributed by atoms with E-state index in [1.807, 2.05) is 24.3 Å². The zero-order valence-corrected chi connectivity index (χ0v) is 10.4. The molecule has 0 saturated heterocycles. The molecule has 4 nitrogen and oxygen atoms in total. The summed E-state index contributed by atoms with van der Waals surface area (Å²) in [4.78, 5) is 15.6. The third-order valence-electron chi connectivity index (χ3n) is 2.48. The lowest BCUT2D eigenvalue weighted by atomic mass is 10.2. The van der Waals surface area contributed by atoms with Gasteiger partial charge in [-0.15, -0.1) is 6.42 Å². The van der Waals surface area contributed by atoms with Gasteiger partial charge in [-0.25, -0.2) is 9.78 Å². The number of rotatable bonds is 3. The first-order valence-corrected chi connectivity index (χ1v) is 5.61. The topological polar surface area (TPSA) is 51.2 Å². The summed E-state index contributed by atoms with van der Waals surface area (Å²) in [6, 6.07) is 10.6. The maximum Gasteiger partial charge on any atom is 0.338 e. The van der Waals surface area contributed by atoms with Crippen LogP contribution in [0.1, 0.15) is 15.9 Å². The van der Waals surface area contributed by atoms with Crippen LogP contribution in [-0.4, -0.2) is 18.1 Å². The number of pyridine rings is 1. The predicted molar refractivity (Wildman–Crippen MR) is 73.2 cm³/mol. The van der Waals surface area contributed by atoms with E-state index in [9.17, 15) is 4.79 Å². The van der Waals surface area contributed by atoms with Crippen LogP contribution in [0.25, 0.3) is 0 Å². The summed E-state index contributed by atoms with van der Waals surface area (Å²) in [6.07, 6.45) is 6.88. The zero-order chi connectivity index (χ0) is 13.7. The van der Waals surface area contributed by atoms with Crippen LogP contribution in [0.2, 0.25) is 0 Å². The van der Waals surface area contributed by atoms with Crippen LogP contribution in [0.4, 0.5) is 11.5 Å². The number of nitrogens with one attached hydrogen (secondary N) is 1. The summed E-state index contributed by atoms with van der Waals surface area (Å²) in [7, 11) is 1.34. The van der Waals surface area contributed by atoms with E-state index in [4.69, 9.17) is 6.42 Å². The molecule has 1 aromatic carbocycles.